The number of nitrogens with zero attached hydrogens (tertiary/aromatic N) is 2. The van der Waals surface area contributed by atoms with Crippen molar-refractivity contribution in [3.8, 4) is 0 Å². The standard InChI is InChI=1S/C4H8N2O6/c1-2-3-4(11-5(7)8)12-6(9)10/h4H,2-3H2,1H3. The summed E-state index contributed by atoms with van der Waals surface area (Å²) in [4.78, 5) is 27.2. The van der Waals surface area contributed by atoms with Crippen molar-refractivity contribution in [2.24, 2.45) is 0 Å². The first-order valence-corrected chi connectivity index (χ1v) is 3.18. The molecule has 70 valence electrons. The SMILES string of the molecule is CCCC(O[N+](=O)[O-])O[N+](=O)[O-]. The topological polar surface area (TPSA) is 105 Å². The minimum absolute atomic E-state index is 0.0992. The molecular formula is C4H8N2O6. The average Bonchev–Trinajstić information content (AvgIpc) is 1.84. The van der Waals surface area contributed by atoms with Gasteiger partial charge in [-0.1, -0.05) is 13.3 Å². The van der Waals surface area contributed by atoms with Crippen LogP contribution in [0.1, 0.15) is 19.8 Å². The third-order valence-electron chi connectivity index (χ3n) is 0.932. The van der Waals surface area contributed by atoms with Gasteiger partial charge in [-0.15, -0.1) is 20.2 Å². The van der Waals surface area contributed by atoms with Gasteiger partial charge in [-0.05, 0) is 6.42 Å². The molecule has 0 fully saturated rings. The lowest BCUT2D eigenvalue weighted by Gasteiger charge is -2.10. The first-order valence-electron chi connectivity index (χ1n) is 3.18. The first kappa shape index (κ1) is 10.4. The van der Waals surface area contributed by atoms with Crippen LogP contribution in [0.4, 0.5) is 0 Å². The summed E-state index contributed by atoms with van der Waals surface area (Å²) in [5, 5.41) is 17.3. The van der Waals surface area contributed by atoms with E-state index in [0.29, 0.717) is 6.42 Å². The van der Waals surface area contributed by atoms with Gasteiger partial charge in [0.05, 0.1) is 0 Å². The molecule has 0 N–H and O–H groups in total. The van der Waals surface area contributed by atoms with Crippen LogP contribution in [-0.4, -0.2) is 16.5 Å². The average molecular weight is 180 g/mol. The van der Waals surface area contributed by atoms with E-state index in [4.69, 9.17) is 0 Å². The zero-order valence-corrected chi connectivity index (χ0v) is 6.34. The molecule has 0 aliphatic rings. The van der Waals surface area contributed by atoms with Gasteiger partial charge in [0.1, 0.15) is 0 Å². The maximum absolute atomic E-state index is 9.75. The van der Waals surface area contributed by atoms with Crippen LogP contribution in [0, 0.1) is 20.2 Å². The van der Waals surface area contributed by atoms with E-state index >= 15 is 0 Å². The summed E-state index contributed by atoms with van der Waals surface area (Å²) in [6.45, 7) is 1.69. The van der Waals surface area contributed by atoms with Gasteiger partial charge in [-0.3, -0.25) is 9.68 Å². The van der Waals surface area contributed by atoms with Crippen LogP contribution in [0.5, 0.6) is 0 Å². The molecule has 0 heterocycles. The van der Waals surface area contributed by atoms with E-state index in [1.165, 1.54) is 0 Å². The number of rotatable bonds is 6. The maximum atomic E-state index is 9.75. The van der Waals surface area contributed by atoms with Crippen molar-refractivity contribution in [3.63, 3.8) is 0 Å². The molecule has 0 spiro atoms. The Balaban J connectivity index is 3.85. The number of hydrogen-bond acceptors (Lipinski definition) is 6. The van der Waals surface area contributed by atoms with Gasteiger partial charge in [0.25, 0.3) is 16.5 Å². The van der Waals surface area contributed by atoms with E-state index < -0.39 is 16.5 Å². The second-order valence-electron chi connectivity index (χ2n) is 1.88. The van der Waals surface area contributed by atoms with E-state index in [9.17, 15) is 20.2 Å². The summed E-state index contributed by atoms with van der Waals surface area (Å²) in [6.07, 6.45) is -0.825. The van der Waals surface area contributed by atoms with E-state index in [1.54, 1.807) is 6.92 Å². The third-order valence-corrected chi connectivity index (χ3v) is 0.932. The van der Waals surface area contributed by atoms with Crippen LogP contribution < -0.4 is 0 Å². The molecule has 0 saturated carbocycles. The van der Waals surface area contributed by atoms with Crippen LogP contribution in [0.25, 0.3) is 0 Å². The zero-order valence-electron chi connectivity index (χ0n) is 6.34. The lowest BCUT2D eigenvalue weighted by atomic mass is 10.3. The molecule has 0 bridgehead atoms. The second kappa shape index (κ2) is 5.10. The Morgan fingerprint density at radius 3 is 1.92 bits per heavy atom. The van der Waals surface area contributed by atoms with Gasteiger partial charge in [0.15, 0.2) is 0 Å². The molecule has 0 saturated heterocycles. The molecule has 0 atom stereocenters. The highest BCUT2D eigenvalue weighted by molar-refractivity contribution is 4.35. The third kappa shape index (κ3) is 5.21. The fourth-order valence-electron chi connectivity index (χ4n) is 0.552. The Morgan fingerprint density at radius 1 is 1.25 bits per heavy atom. The largest absolute Gasteiger partial charge is 0.296 e. The molecule has 0 aliphatic carbocycles. The van der Waals surface area contributed by atoms with Crippen LogP contribution in [0.2, 0.25) is 0 Å². The molecule has 0 rings (SSSR count). The second-order valence-corrected chi connectivity index (χ2v) is 1.88. The van der Waals surface area contributed by atoms with Crippen molar-refractivity contribution in [2.45, 2.75) is 26.1 Å². The summed E-state index contributed by atoms with van der Waals surface area (Å²) in [7, 11) is 0. The van der Waals surface area contributed by atoms with Gasteiger partial charge in [-0.2, -0.15) is 0 Å². The van der Waals surface area contributed by atoms with Crippen molar-refractivity contribution in [3.05, 3.63) is 20.2 Å². The summed E-state index contributed by atoms with van der Waals surface area (Å²) in [5.74, 6) is 0. The first-order chi connectivity index (χ1) is 5.56. The molecule has 0 unspecified atom stereocenters. The van der Waals surface area contributed by atoms with Crippen LogP contribution in [-0.2, 0) is 9.68 Å². The van der Waals surface area contributed by atoms with E-state index in [0.717, 1.165) is 0 Å². The highest BCUT2D eigenvalue weighted by Crippen LogP contribution is 2.03. The van der Waals surface area contributed by atoms with Crippen molar-refractivity contribution in [1.82, 2.24) is 0 Å². The number of hydrogen-bond donors (Lipinski definition) is 0. The van der Waals surface area contributed by atoms with Crippen molar-refractivity contribution < 1.29 is 19.8 Å². The van der Waals surface area contributed by atoms with Gasteiger partial charge in [0.2, 0.25) is 0 Å². The van der Waals surface area contributed by atoms with Gasteiger partial charge >= 0.3 is 0 Å². The molecule has 0 aliphatic heterocycles. The molecular weight excluding hydrogens is 172 g/mol. The molecule has 0 radical (unpaired) electrons. The summed E-state index contributed by atoms with van der Waals surface area (Å²) in [6, 6.07) is 0. The predicted molar refractivity (Wildman–Crippen MR) is 34.9 cm³/mol. The summed E-state index contributed by atoms with van der Waals surface area (Å²) < 4.78 is 0. The quantitative estimate of drug-likeness (QED) is 0.335. The maximum Gasteiger partial charge on any atom is 0.296 e. The summed E-state index contributed by atoms with van der Waals surface area (Å²) in [5.41, 5.74) is 0. The van der Waals surface area contributed by atoms with Crippen LogP contribution in [0.15, 0.2) is 0 Å². The lowest BCUT2D eigenvalue weighted by Crippen LogP contribution is -2.23. The lowest BCUT2D eigenvalue weighted by molar-refractivity contribution is -0.851. The zero-order chi connectivity index (χ0) is 9.56. The minimum Gasteiger partial charge on any atom is -0.283 e. The van der Waals surface area contributed by atoms with Gasteiger partial charge in [0, 0.05) is 0 Å². The predicted octanol–water partition coefficient (Wildman–Crippen LogP) is 0.529. The Labute approximate surface area is 67.3 Å². The normalized spacial score (nSPS) is 9.50. The molecule has 12 heavy (non-hydrogen) atoms. The van der Waals surface area contributed by atoms with E-state index in [-0.39, 0.29) is 6.42 Å². The van der Waals surface area contributed by atoms with Gasteiger partial charge < -0.3 is 0 Å². The molecule has 8 heteroatoms. The Hall–Kier alpha value is -1.60. The monoisotopic (exact) mass is 180 g/mol. The highest BCUT2D eigenvalue weighted by atomic mass is 17.0. The molecule has 0 aromatic rings. The molecule has 0 aromatic carbocycles. The van der Waals surface area contributed by atoms with Gasteiger partial charge in [-0.25, -0.2) is 0 Å². The van der Waals surface area contributed by atoms with Crippen molar-refractivity contribution in [1.29, 1.82) is 0 Å². The van der Waals surface area contributed by atoms with E-state index in [2.05, 4.69) is 9.68 Å². The minimum atomic E-state index is -1.42. The smallest absolute Gasteiger partial charge is 0.283 e. The molecule has 0 aromatic heterocycles. The molecule has 0 amide bonds. The Morgan fingerprint density at radius 2 is 1.67 bits per heavy atom. The fourth-order valence-corrected chi connectivity index (χ4v) is 0.552. The van der Waals surface area contributed by atoms with Crippen LogP contribution in [0.3, 0.4) is 0 Å². The van der Waals surface area contributed by atoms with Crippen molar-refractivity contribution >= 4 is 0 Å². The van der Waals surface area contributed by atoms with Crippen LogP contribution >= 0.6 is 0 Å². The Kier molecular flexibility index (Phi) is 4.42. The summed E-state index contributed by atoms with van der Waals surface area (Å²) >= 11 is 0. The van der Waals surface area contributed by atoms with E-state index in [1.807, 2.05) is 0 Å². The Bertz CT molecular complexity index is 155. The van der Waals surface area contributed by atoms with Crippen molar-refractivity contribution in [2.75, 3.05) is 0 Å². The highest BCUT2D eigenvalue weighted by Gasteiger charge is 2.15. The molecule has 8 nitrogen and oxygen atoms in total. The fraction of sp³-hybridized carbons (Fsp3) is 1.00.